The third-order valence-electron chi connectivity index (χ3n) is 3.91. The van der Waals surface area contributed by atoms with E-state index >= 15 is 0 Å². The quantitative estimate of drug-likeness (QED) is 0.502. The standard InChI is InChI=1S/C19H19Cl2N5/c1-11(2)12-3-5-13(6-4-12)25-18-17(22)19(24-10-23-18)26-14-7-8-15(20)16(21)9-14/h3-11H,22H2,1-2H3,(H2,23,24,25,26). The number of nitrogen functional groups attached to an aromatic ring is 1. The number of hydrogen-bond donors (Lipinski definition) is 3. The van der Waals surface area contributed by atoms with Crippen LogP contribution >= 0.6 is 23.2 Å². The summed E-state index contributed by atoms with van der Waals surface area (Å²) in [6, 6.07) is 13.4. The average molecular weight is 388 g/mol. The Bertz CT molecular complexity index is 910. The van der Waals surface area contributed by atoms with E-state index < -0.39 is 0 Å². The Labute approximate surface area is 162 Å². The van der Waals surface area contributed by atoms with E-state index in [0.717, 1.165) is 11.4 Å². The van der Waals surface area contributed by atoms with Gasteiger partial charge in [0.05, 0.1) is 10.0 Å². The van der Waals surface area contributed by atoms with Crippen molar-refractivity contribution in [2.45, 2.75) is 19.8 Å². The van der Waals surface area contributed by atoms with E-state index in [1.165, 1.54) is 11.9 Å². The van der Waals surface area contributed by atoms with Crippen LogP contribution in [0.5, 0.6) is 0 Å². The molecule has 1 heterocycles. The highest BCUT2D eigenvalue weighted by atomic mass is 35.5. The van der Waals surface area contributed by atoms with E-state index in [1.807, 2.05) is 12.1 Å². The van der Waals surface area contributed by atoms with Gasteiger partial charge in [-0.15, -0.1) is 0 Å². The molecule has 0 aliphatic heterocycles. The molecule has 134 valence electrons. The molecule has 0 bridgehead atoms. The molecule has 2 aromatic carbocycles. The molecule has 1 aromatic heterocycles. The van der Waals surface area contributed by atoms with Crippen molar-refractivity contribution < 1.29 is 0 Å². The maximum atomic E-state index is 6.22. The first-order valence-corrected chi connectivity index (χ1v) is 8.89. The van der Waals surface area contributed by atoms with Gasteiger partial charge < -0.3 is 16.4 Å². The number of nitrogens with zero attached hydrogens (tertiary/aromatic N) is 2. The first-order chi connectivity index (χ1) is 12.4. The molecule has 0 radical (unpaired) electrons. The summed E-state index contributed by atoms with van der Waals surface area (Å²) < 4.78 is 0. The molecule has 0 saturated carbocycles. The molecular formula is C19H19Cl2N5. The van der Waals surface area contributed by atoms with Crippen LogP contribution in [0.15, 0.2) is 48.8 Å². The second-order valence-corrected chi connectivity index (χ2v) is 6.95. The van der Waals surface area contributed by atoms with Gasteiger partial charge in [-0.1, -0.05) is 49.2 Å². The Morgan fingerprint density at radius 1 is 0.846 bits per heavy atom. The van der Waals surface area contributed by atoms with Gasteiger partial charge in [-0.3, -0.25) is 0 Å². The fourth-order valence-electron chi connectivity index (χ4n) is 2.39. The van der Waals surface area contributed by atoms with Gasteiger partial charge in [0.1, 0.15) is 12.0 Å². The molecule has 7 heteroatoms. The van der Waals surface area contributed by atoms with Gasteiger partial charge >= 0.3 is 0 Å². The third-order valence-corrected chi connectivity index (χ3v) is 4.65. The number of hydrogen-bond acceptors (Lipinski definition) is 5. The van der Waals surface area contributed by atoms with E-state index in [-0.39, 0.29) is 0 Å². The topological polar surface area (TPSA) is 75.9 Å². The lowest BCUT2D eigenvalue weighted by molar-refractivity contribution is 0.867. The number of nitrogens with one attached hydrogen (secondary N) is 2. The van der Waals surface area contributed by atoms with Crippen LogP contribution in [0.1, 0.15) is 25.3 Å². The van der Waals surface area contributed by atoms with Crippen LogP contribution in [0.3, 0.4) is 0 Å². The van der Waals surface area contributed by atoms with Crippen LogP contribution in [0.25, 0.3) is 0 Å². The summed E-state index contributed by atoms with van der Waals surface area (Å²) in [6.45, 7) is 4.32. The highest BCUT2D eigenvalue weighted by molar-refractivity contribution is 6.42. The molecule has 5 nitrogen and oxygen atoms in total. The van der Waals surface area contributed by atoms with E-state index in [9.17, 15) is 0 Å². The number of benzene rings is 2. The predicted molar refractivity (Wildman–Crippen MR) is 110 cm³/mol. The Morgan fingerprint density at radius 2 is 1.42 bits per heavy atom. The summed E-state index contributed by atoms with van der Waals surface area (Å²) in [5, 5.41) is 7.29. The maximum Gasteiger partial charge on any atom is 0.159 e. The highest BCUT2D eigenvalue weighted by Gasteiger charge is 2.10. The molecule has 0 fully saturated rings. The molecule has 4 N–H and O–H groups in total. The molecular weight excluding hydrogens is 369 g/mol. The van der Waals surface area contributed by atoms with Gasteiger partial charge in [-0.2, -0.15) is 0 Å². The van der Waals surface area contributed by atoms with Gasteiger partial charge in [0.2, 0.25) is 0 Å². The molecule has 26 heavy (non-hydrogen) atoms. The zero-order valence-electron chi connectivity index (χ0n) is 14.4. The lowest BCUT2D eigenvalue weighted by Gasteiger charge is -2.13. The Kier molecular flexibility index (Phi) is 5.49. The SMILES string of the molecule is CC(C)c1ccc(Nc2ncnc(Nc3ccc(Cl)c(Cl)c3)c2N)cc1. The third kappa shape index (κ3) is 4.18. The van der Waals surface area contributed by atoms with Crippen LogP contribution in [0.4, 0.5) is 28.7 Å². The average Bonchev–Trinajstić information content (AvgIpc) is 2.62. The van der Waals surface area contributed by atoms with Crippen molar-refractivity contribution in [2.75, 3.05) is 16.4 Å². The van der Waals surface area contributed by atoms with Crippen molar-refractivity contribution in [1.29, 1.82) is 0 Å². The molecule has 0 spiro atoms. The van der Waals surface area contributed by atoms with Gasteiger partial charge in [-0.25, -0.2) is 9.97 Å². The molecule has 0 amide bonds. The summed E-state index contributed by atoms with van der Waals surface area (Å²) in [5.41, 5.74) is 9.53. The fourth-order valence-corrected chi connectivity index (χ4v) is 2.69. The molecule has 0 atom stereocenters. The van der Waals surface area contributed by atoms with Crippen molar-refractivity contribution in [3.8, 4) is 0 Å². The van der Waals surface area contributed by atoms with Crippen LogP contribution in [-0.2, 0) is 0 Å². The summed E-state index contributed by atoms with van der Waals surface area (Å²) in [7, 11) is 0. The Balaban J connectivity index is 1.81. The van der Waals surface area contributed by atoms with E-state index in [4.69, 9.17) is 28.9 Å². The van der Waals surface area contributed by atoms with E-state index in [2.05, 4.69) is 46.6 Å². The summed E-state index contributed by atoms with van der Waals surface area (Å²) >= 11 is 12.0. The van der Waals surface area contributed by atoms with Crippen LogP contribution < -0.4 is 16.4 Å². The van der Waals surface area contributed by atoms with Gasteiger partial charge in [0.15, 0.2) is 11.6 Å². The smallest absolute Gasteiger partial charge is 0.159 e. The Morgan fingerprint density at radius 3 is 2.00 bits per heavy atom. The largest absolute Gasteiger partial charge is 0.393 e. The minimum atomic E-state index is 0.409. The number of halogens is 2. The van der Waals surface area contributed by atoms with Crippen molar-refractivity contribution >= 4 is 51.9 Å². The second kappa shape index (κ2) is 7.81. The zero-order valence-corrected chi connectivity index (χ0v) is 15.9. The monoisotopic (exact) mass is 387 g/mol. The van der Waals surface area contributed by atoms with Crippen molar-refractivity contribution in [1.82, 2.24) is 9.97 Å². The summed E-state index contributed by atoms with van der Waals surface area (Å²) in [6.07, 6.45) is 1.45. The lowest BCUT2D eigenvalue weighted by Crippen LogP contribution is -2.05. The fraction of sp³-hybridized carbons (Fsp3) is 0.158. The zero-order chi connectivity index (χ0) is 18.7. The van der Waals surface area contributed by atoms with Crippen molar-refractivity contribution in [3.63, 3.8) is 0 Å². The molecule has 3 aromatic rings. The van der Waals surface area contributed by atoms with E-state index in [1.54, 1.807) is 18.2 Å². The summed E-state index contributed by atoms with van der Waals surface area (Å²) in [4.78, 5) is 8.43. The number of aromatic nitrogens is 2. The molecule has 0 aliphatic rings. The molecule has 0 unspecified atom stereocenters. The molecule has 0 aliphatic carbocycles. The number of anilines is 5. The first kappa shape index (κ1) is 18.3. The maximum absolute atomic E-state index is 6.22. The van der Waals surface area contributed by atoms with Crippen LogP contribution in [0, 0.1) is 0 Å². The van der Waals surface area contributed by atoms with Crippen molar-refractivity contribution in [2.24, 2.45) is 0 Å². The summed E-state index contributed by atoms with van der Waals surface area (Å²) in [5.74, 6) is 1.50. The number of nitrogens with two attached hydrogens (primary N) is 1. The minimum Gasteiger partial charge on any atom is -0.393 e. The minimum absolute atomic E-state index is 0.409. The normalized spacial score (nSPS) is 10.8. The molecule has 3 rings (SSSR count). The Hall–Kier alpha value is -2.50. The van der Waals surface area contributed by atoms with Crippen LogP contribution in [-0.4, -0.2) is 9.97 Å². The van der Waals surface area contributed by atoms with Gasteiger partial charge in [-0.05, 0) is 41.8 Å². The van der Waals surface area contributed by atoms with Crippen molar-refractivity contribution in [3.05, 3.63) is 64.4 Å². The van der Waals surface area contributed by atoms with Gasteiger partial charge in [0, 0.05) is 11.4 Å². The second-order valence-electron chi connectivity index (χ2n) is 6.14. The lowest BCUT2D eigenvalue weighted by atomic mass is 10.0. The van der Waals surface area contributed by atoms with E-state index in [0.29, 0.717) is 33.3 Å². The van der Waals surface area contributed by atoms with Crippen LogP contribution in [0.2, 0.25) is 10.0 Å². The number of rotatable bonds is 5. The predicted octanol–water partition coefficient (Wildman–Crippen LogP) is 5.98. The highest BCUT2D eigenvalue weighted by Crippen LogP contribution is 2.31. The van der Waals surface area contributed by atoms with Gasteiger partial charge in [0.25, 0.3) is 0 Å². The molecule has 0 saturated heterocycles. The first-order valence-electron chi connectivity index (χ1n) is 8.13.